The average molecular weight is 1040 g/mol. The van der Waals surface area contributed by atoms with E-state index in [4.69, 9.17) is 19.4 Å². The molecule has 3 aromatic heterocycles. The summed E-state index contributed by atoms with van der Waals surface area (Å²) in [6.07, 6.45) is 0. The molecule has 6 nitrogen and oxygen atoms in total. The molecule has 3 heterocycles. The van der Waals surface area contributed by atoms with E-state index in [1.165, 1.54) is 16.7 Å². The highest BCUT2D eigenvalue weighted by molar-refractivity contribution is 6.15. The number of nitrogens with zero attached hydrogens (tertiary/aromatic N) is 5. The number of aromatic nitrogens is 4. The van der Waals surface area contributed by atoms with Crippen molar-refractivity contribution in [2.75, 3.05) is 4.90 Å². The summed E-state index contributed by atoms with van der Waals surface area (Å²) in [5, 5.41) is 4.32. The zero-order valence-corrected chi connectivity index (χ0v) is 43.9. The van der Waals surface area contributed by atoms with Crippen molar-refractivity contribution in [2.24, 2.45) is 0 Å². The molecule has 0 unspecified atom stereocenters. The second kappa shape index (κ2) is 20.1. The minimum absolute atomic E-state index is 0.550. The average Bonchev–Trinajstić information content (AvgIpc) is 4.05. The lowest BCUT2D eigenvalue weighted by Gasteiger charge is -2.26. The zero-order valence-electron chi connectivity index (χ0n) is 43.9. The summed E-state index contributed by atoms with van der Waals surface area (Å²) in [5.74, 6) is 1.75. The summed E-state index contributed by atoms with van der Waals surface area (Å²) in [7, 11) is 0. The lowest BCUT2D eigenvalue weighted by molar-refractivity contribution is 0.670. The summed E-state index contributed by atoms with van der Waals surface area (Å²) in [6, 6.07) is 105. The molecule has 0 bridgehead atoms. The van der Waals surface area contributed by atoms with Crippen LogP contribution in [0.5, 0.6) is 0 Å². The van der Waals surface area contributed by atoms with Gasteiger partial charge >= 0.3 is 0 Å². The molecule has 0 radical (unpaired) electrons. The summed E-state index contributed by atoms with van der Waals surface area (Å²) in [5.41, 5.74) is 19.8. The van der Waals surface area contributed by atoms with Crippen molar-refractivity contribution in [2.45, 2.75) is 0 Å². The molecule has 0 aliphatic rings. The molecule has 81 heavy (non-hydrogen) atoms. The Morgan fingerprint density at radius 3 is 1.22 bits per heavy atom. The van der Waals surface area contributed by atoms with E-state index in [0.717, 1.165) is 111 Å². The van der Waals surface area contributed by atoms with Crippen LogP contribution in [-0.4, -0.2) is 19.5 Å². The number of para-hydroxylation sites is 3. The molecule has 0 fully saturated rings. The second-order valence-electron chi connectivity index (χ2n) is 20.4. The summed E-state index contributed by atoms with van der Waals surface area (Å²) in [6.45, 7) is 0. The molecular weight excluding hydrogens is 987 g/mol. The summed E-state index contributed by atoms with van der Waals surface area (Å²) in [4.78, 5) is 17.5. The van der Waals surface area contributed by atoms with Crippen LogP contribution in [-0.2, 0) is 0 Å². The Labute approximate surface area is 468 Å². The number of rotatable bonds is 11. The SMILES string of the molecule is c1ccc(-c2ccc(N(c3ccc(-c4ccc5c(c4)c4cc(-c6cccc7c6oc6c(-c8nc(-c9ccccc9)nc(-c9ccccc9)n8)cccc67)ccc4n5-c4ccccc4)cc3)c3cccc(-c4ccccc4)c3)cc2)cc1. The Hall–Kier alpha value is -11.0. The van der Waals surface area contributed by atoms with Gasteiger partial charge in [-0.05, 0) is 118 Å². The molecule has 0 saturated heterocycles. The monoisotopic (exact) mass is 1040 g/mol. The standard InChI is InChI=1S/C75H49N5O/c1-6-19-50(20-7-1)52-35-41-60(42-36-52)79(62-30-16-27-56(47-62)51-21-8-2-9-22-51)61-43-37-53(38-44-61)57-39-45-69-67(48-57)68-49-58(40-46-70(68)80(69)59-28-14-5-15-29-59)63-31-17-32-64-65-33-18-34-66(72(65)81-71(63)64)75-77-73(54-23-10-3-11-24-54)76-74(78-75)55-25-12-4-13-26-55/h1-49H. The van der Waals surface area contributed by atoms with E-state index < -0.39 is 0 Å². The Kier molecular flexibility index (Phi) is 11.7. The predicted octanol–water partition coefficient (Wildman–Crippen LogP) is 20.0. The molecule has 0 N–H and O–H groups in total. The van der Waals surface area contributed by atoms with Crippen LogP contribution in [0.1, 0.15) is 0 Å². The van der Waals surface area contributed by atoms with Gasteiger partial charge in [-0.2, -0.15) is 0 Å². The van der Waals surface area contributed by atoms with Gasteiger partial charge in [-0.25, -0.2) is 15.0 Å². The first-order valence-corrected chi connectivity index (χ1v) is 27.3. The van der Waals surface area contributed by atoms with Crippen molar-refractivity contribution < 1.29 is 4.42 Å². The maximum Gasteiger partial charge on any atom is 0.167 e. The van der Waals surface area contributed by atoms with Gasteiger partial charge in [0.05, 0.1) is 16.6 Å². The second-order valence-corrected chi connectivity index (χ2v) is 20.4. The van der Waals surface area contributed by atoms with Crippen LogP contribution in [0.4, 0.5) is 17.1 Å². The topological polar surface area (TPSA) is 60.0 Å². The number of furan rings is 1. The Balaban J connectivity index is 0.836. The van der Waals surface area contributed by atoms with Crippen LogP contribution in [0.25, 0.3) is 128 Å². The van der Waals surface area contributed by atoms with Crippen LogP contribution in [0.3, 0.4) is 0 Å². The van der Waals surface area contributed by atoms with Crippen LogP contribution in [0.2, 0.25) is 0 Å². The third kappa shape index (κ3) is 8.69. The van der Waals surface area contributed by atoms with Crippen molar-refractivity contribution in [3.05, 3.63) is 297 Å². The smallest absolute Gasteiger partial charge is 0.167 e. The summed E-state index contributed by atoms with van der Waals surface area (Å²) < 4.78 is 9.47. The number of benzene rings is 12. The number of anilines is 3. The fourth-order valence-electron chi connectivity index (χ4n) is 11.5. The molecule has 380 valence electrons. The highest BCUT2D eigenvalue weighted by atomic mass is 16.3. The molecule has 0 spiro atoms. The van der Waals surface area contributed by atoms with Crippen LogP contribution in [0.15, 0.2) is 302 Å². The van der Waals surface area contributed by atoms with E-state index >= 15 is 0 Å². The first kappa shape index (κ1) is 47.3. The van der Waals surface area contributed by atoms with Gasteiger partial charge in [-0.3, -0.25) is 0 Å². The number of hydrogen-bond donors (Lipinski definition) is 0. The van der Waals surface area contributed by atoms with E-state index in [0.29, 0.717) is 17.5 Å². The van der Waals surface area contributed by atoms with Crippen LogP contribution < -0.4 is 4.90 Å². The van der Waals surface area contributed by atoms with E-state index in [1.54, 1.807) is 0 Å². The van der Waals surface area contributed by atoms with Gasteiger partial charge in [0, 0.05) is 61.0 Å². The highest BCUT2D eigenvalue weighted by Gasteiger charge is 2.22. The fourth-order valence-corrected chi connectivity index (χ4v) is 11.5. The highest BCUT2D eigenvalue weighted by Crippen LogP contribution is 2.44. The van der Waals surface area contributed by atoms with Crippen LogP contribution >= 0.6 is 0 Å². The Morgan fingerprint density at radius 1 is 0.259 bits per heavy atom. The van der Waals surface area contributed by atoms with Crippen molar-refractivity contribution in [1.82, 2.24) is 19.5 Å². The van der Waals surface area contributed by atoms with Crippen molar-refractivity contribution >= 4 is 60.8 Å². The molecule has 12 aromatic carbocycles. The van der Waals surface area contributed by atoms with E-state index in [9.17, 15) is 0 Å². The first-order valence-electron chi connectivity index (χ1n) is 27.3. The van der Waals surface area contributed by atoms with Gasteiger partial charge in [-0.1, -0.05) is 218 Å². The third-order valence-electron chi connectivity index (χ3n) is 15.5. The first-order chi connectivity index (χ1) is 40.1. The fraction of sp³-hybridized carbons (Fsp3) is 0. The molecule has 0 aliphatic heterocycles. The molecule has 0 amide bonds. The molecular formula is C75H49N5O. The third-order valence-corrected chi connectivity index (χ3v) is 15.5. The molecule has 6 heteroatoms. The van der Waals surface area contributed by atoms with Gasteiger partial charge in [-0.15, -0.1) is 0 Å². The maximum absolute atomic E-state index is 7.09. The zero-order chi connectivity index (χ0) is 53.6. The van der Waals surface area contributed by atoms with Gasteiger partial charge in [0.1, 0.15) is 11.2 Å². The number of hydrogen-bond acceptors (Lipinski definition) is 5. The summed E-state index contributed by atoms with van der Waals surface area (Å²) >= 11 is 0. The van der Waals surface area contributed by atoms with E-state index in [-0.39, 0.29) is 0 Å². The molecule has 0 atom stereocenters. The Bertz CT molecular complexity index is 4710. The normalized spacial score (nSPS) is 11.5. The van der Waals surface area contributed by atoms with Crippen molar-refractivity contribution in [1.29, 1.82) is 0 Å². The predicted molar refractivity (Wildman–Crippen MR) is 334 cm³/mol. The van der Waals surface area contributed by atoms with Gasteiger partial charge < -0.3 is 13.9 Å². The largest absolute Gasteiger partial charge is 0.455 e. The maximum atomic E-state index is 7.09. The Morgan fingerprint density at radius 2 is 0.654 bits per heavy atom. The van der Waals surface area contributed by atoms with E-state index in [1.807, 2.05) is 66.7 Å². The van der Waals surface area contributed by atoms with Gasteiger partial charge in [0.15, 0.2) is 17.5 Å². The molecule has 0 aliphatic carbocycles. The molecule has 15 aromatic rings. The van der Waals surface area contributed by atoms with E-state index in [2.05, 4.69) is 240 Å². The minimum atomic E-state index is 0.550. The number of fused-ring (bicyclic) bond motifs is 6. The van der Waals surface area contributed by atoms with Crippen molar-refractivity contribution in [3.8, 4) is 84.4 Å². The quantitative estimate of drug-likeness (QED) is 0.129. The van der Waals surface area contributed by atoms with Gasteiger partial charge in [0.25, 0.3) is 0 Å². The lowest BCUT2D eigenvalue weighted by atomic mass is 9.98. The lowest BCUT2D eigenvalue weighted by Crippen LogP contribution is -2.10. The minimum Gasteiger partial charge on any atom is -0.455 e. The van der Waals surface area contributed by atoms with Crippen molar-refractivity contribution in [3.63, 3.8) is 0 Å². The molecule has 15 rings (SSSR count). The van der Waals surface area contributed by atoms with Gasteiger partial charge in [0.2, 0.25) is 0 Å². The van der Waals surface area contributed by atoms with Crippen LogP contribution in [0, 0.1) is 0 Å². The molecule has 0 saturated carbocycles.